The number of aryl methyl sites for hydroxylation is 2. The van der Waals surface area contributed by atoms with Crippen LogP contribution < -0.4 is 4.74 Å². The van der Waals surface area contributed by atoms with Gasteiger partial charge in [-0.05, 0) is 109 Å². The topological polar surface area (TPSA) is 44.9 Å². The van der Waals surface area contributed by atoms with Gasteiger partial charge in [-0.15, -0.1) is 0 Å². The maximum absolute atomic E-state index is 6.62. The van der Waals surface area contributed by atoms with Gasteiger partial charge in [0.2, 0.25) is 0 Å². The lowest BCUT2D eigenvalue weighted by atomic mass is 9.77. The maximum Gasteiger partial charge on any atom is 0.137 e. The minimum atomic E-state index is 0.157. The van der Waals surface area contributed by atoms with E-state index in [4.69, 9.17) is 14.8 Å². The molecule has 0 spiro atoms. The van der Waals surface area contributed by atoms with Gasteiger partial charge < -0.3 is 4.74 Å². The van der Waals surface area contributed by atoms with Crippen molar-refractivity contribution in [1.82, 2.24) is 19.3 Å². The molecule has 0 saturated heterocycles. The van der Waals surface area contributed by atoms with Gasteiger partial charge in [0, 0.05) is 40.4 Å². The third kappa shape index (κ3) is 6.45. The van der Waals surface area contributed by atoms with Crippen molar-refractivity contribution >= 4 is 21.8 Å². The maximum atomic E-state index is 6.62. The molecule has 0 bridgehead atoms. The Bertz CT molecular complexity index is 2300. The summed E-state index contributed by atoms with van der Waals surface area (Å²) in [7, 11) is 0. The summed E-state index contributed by atoms with van der Waals surface area (Å²) in [5.74, 6) is 3.52. The molecule has 4 aromatic carbocycles. The fourth-order valence-corrected chi connectivity index (χ4v) is 7.02. The van der Waals surface area contributed by atoms with Crippen molar-refractivity contribution in [2.45, 2.75) is 74.1 Å². The SMILES string of the molecule is Cc1nn(-c2cccc(Oc3ccc4c5cc(C(C)C(C)(C)C)ccc5n(-c5cc(CCC(C)C)ccn5)c4c3)c2)c(C)c1-c1ccccc1. The Labute approximate surface area is 296 Å². The number of nitrogens with zero attached hydrogens (tertiary/aromatic N) is 4. The van der Waals surface area contributed by atoms with Gasteiger partial charge in [0.1, 0.15) is 17.3 Å². The first-order valence-electron chi connectivity index (χ1n) is 17.9. The highest BCUT2D eigenvalue weighted by molar-refractivity contribution is 6.09. The highest BCUT2D eigenvalue weighted by Gasteiger charge is 2.23. The van der Waals surface area contributed by atoms with Crippen LogP contribution in [0.15, 0.2) is 109 Å². The largest absolute Gasteiger partial charge is 0.457 e. The Kier molecular flexibility index (Phi) is 8.86. The summed E-state index contributed by atoms with van der Waals surface area (Å²) in [6.45, 7) is 18.0. The molecule has 0 aliphatic rings. The number of pyridine rings is 1. The summed E-state index contributed by atoms with van der Waals surface area (Å²) in [5.41, 5.74) is 10.4. The molecule has 254 valence electrons. The van der Waals surface area contributed by atoms with E-state index < -0.39 is 0 Å². The van der Waals surface area contributed by atoms with Crippen molar-refractivity contribution in [2.75, 3.05) is 0 Å². The molecule has 0 fully saturated rings. The van der Waals surface area contributed by atoms with Crippen LogP contribution in [0.25, 0.3) is 44.4 Å². The molecule has 7 rings (SSSR count). The van der Waals surface area contributed by atoms with E-state index in [1.54, 1.807) is 0 Å². The summed E-state index contributed by atoms with van der Waals surface area (Å²) in [5, 5.41) is 7.35. The van der Waals surface area contributed by atoms with Crippen molar-refractivity contribution in [3.05, 3.63) is 132 Å². The predicted octanol–water partition coefficient (Wildman–Crippen LogP) is 12.2. The Morgan fingerprint density at radius 3 is 2.28 bits per heavy atom. The number of hydrogen-bond acceptors (Lipinski definition) is 3. The van der Waals surface area contributed by atoms with Gasteiger partial charge in [-0.1, -0.05) is 84.0 Å². The molecular formula is C45H48N4O. The van der Waals surface area contributed by atoms with Crippen LogP contribution in [0.4, 0.5) is 0 Å². The first kappa shape index (κ1) is 33.3. The molecule has 1 atom stereocenters. The Balaban J connectivity index is 1.30. The van der Waals surface area contributed by atoms with Gasteiger partial charge in [0.25, 0.3) is 0 Å². The summed E-state index contributed by atoms with van der Waals surface area (Å²) >= 11 is 0. The molecule has 0 saturated carbocycles. The molecule has 0 amide bonds. The van der Waals surface area contributed by atoms with Crippen LogP contribution in [-0.4, -0.2) is 19.3 Å². The molecule has 1 unspecified atom stereocenters. The molecule has 3 heterocycles. The first-order chi connectivity index (χ1) is 24.0. The predicted molar refractivity (Wildman–Crippen MR) is 208 cm³/mol. The highest BCUT2D eigenvalue weighted by Crippen LogP contribution is 2.40. The molecular weight excluding hydrogens is 613 g/mol. The van der Waals surface area contributed by atoms with E-state index >= 15 is 0 Å². The molecule has 0 aliphatic carbocycles. The third-order valence-electron chi connectivity index (χ3n) is 10.3. The fraction of sp³-hybridized carbons (Fsp3) is 0.289. The van der Waals surface area contributed by atoms with E-state index in [-0.39, 0.29) is 5.41 Å². The standard InChI is InChI=1S/C45H48N4O/c1-29(2)17-18-33-23-24-46-43(25-33)48-41-22-19-35(30(3)45(6,7)8)26-40(41)39-21-20-38(28-42(39)48)50-37-16-12-15-36(27-37)49-32(5)44(31(4)47-49)34-13-10-9-11-14-34/h9-16,19-30H,17-18H2,1-8H3. The van der Waals surface area contributed by atoms with Crippen LogP contribution in [0, 0.1) is 25.2 Å². The van der Waals surface area contributed by atoms with Crippen molar-refractivity contribution < 1.29 is 4.74 Å². The number of hydrogen-bond donors (Lipinski definition) is 0. The average molecular weight is 661 g/mol. The van der Waals surface area contributed by atoms with Crippen molar-refractivity contribution in [3.63, 3.8) is 0 Å². The second-order valence-corrected chi connectivity index (χ2v) is 15.3. The lowest BCUT2D eigenvalue weighted by Crippen LogP contribution is -2.15. The normalized spacial score (nSPS) is 12.7. The molecule has 50 heavy (non-hydrogen) atoms. The third-order valence-corrected chi connectivity index (χ3v) is 10.3. The first-order valence-corrected chi connectivity index (χ1v) is 17.9. The number of rotatable bonds is 9. The van der Waals surface area contributed by atoms with E-state index in [2.05, 4.69) is 145 Å². The smallest absolute Gasteiger partial charge is 0.137 e. The zero-order valence-electron chi connectivity index (χ0n) is 30.7. The second-order valence-electron chi connectivity index (χ2n) is 15.3. The van der Waals surface area contributed by atoms with E-state index in [1.165, 1.54) is 27.5 Å². The van der Waals surface area contributed by atoms with Crippen molar-refractivity contribution in [1.29, 1.82) is 0 Å². The number of aromatic nitrogens is 4. The van der Waals surface area contributed by atoms with Gasteiger partial charge in [-0.2, -0.15) is 5.10 Å². The molecule has 0 aliphatic heterocycles. The molecule has 5 heteroatoms. The average Bonchev–Trinajstić information content (AvgIpc) is 3.59. The van der Waals surface area contributed by atoms with E-state index in [9.17, 15) is 0 Å². The second kappa shape index (κ2) is 13.3. The minimum Gasteiger partial charge on any atom is -0.457 e. The van der Waals surface area contributed by atoms with Gasteiger partial charge in [0.15, 0.2) is 0 Å². The van der Waals surface area contributed by atoms with Gasteiger partial charge >= 0.3 is 0 Å². The van der Waals surface area contributed by atoms with E-state index in [0.717, 1.165) is 63.8 Å². The Morgan fingerprint density at radius 1 is 0.740 bits per heavy atom. The van der Waals surface area contributed by atoms with Crippen molar-refractivity contribution in [3.8, 4) is 34.1 Å². The zero-order valence-corrected chi connectivity index (χ0v) is 30.7. The van der Waals surface area contributed by atoms with E-state index in [0.29, 0.717) is 11.8 Å². The molecule has 0 N–H and O–H groups in total. The lowest BCUT2D eigenvalue weighted by Gasteiger charge is -2.27. The summed E-state index contributed by atoms with van der Waals surface area (Å²) in [4.78, 5) is 4.92. The highest BCUT2D eigenvalue weighted by atomic mass is 16.5. The van der Waals surface area contributed by atoms with Crippen LogP contribution in [0.3, 0.4) is 0 Å². The molecule has 5 nitrogen and oxygen atoms in total. The van der Waals surface area contributed by atoms with Crippen LogP contribution in [-0.2, 0) is 6.42 Å². The van der Waals surface area contributed by atoms with Crippen LogP contribution >= 0.6 is 0 Å². The van der Waals surface area contributed by atoms with Crippen LogP contribution in [0.1, 0.15) is 76.4 Å². The monoisotopic (exact) mass is 660 g/mol. The van der Waals surface area contributed by atoms with Gasteiger partial charge in [0.05, 0.1) is 22.4 Å². The van der Waals surface area contributed by atoms with Crippen LogP contribution in [0.2, 0.25) is 0 Å². The molecule has 7 aromatic rings. The lowest BCUT2D eigenvalue weighted by molar-refractivity contribution is 0.340. The number of fused-ring (bicyclic) bond motifs is 3. The molecule has 0 radical (unpaired) electrons. The zero-order chi connectivity index (χ0) is 35.2. The number of ether oxygens (including phenoxy) is 1. The Morgan fingerprint density at radius 2 is 1.52 bits per heavy atom. The van der Waals surface area contributed by atoms with E-state index in [1.807, 2.05) is 29.1 Å². The number of benzene rings is 4. The van der Waals surface area contributed by atoms with Crippen molar-refractivity contribution in [2.24, 2.45) is 11.3 Å². The summed E-state index contributed by atoms with van der Waals surface area (Å²) < 4.78 is 10.9. The Hall–Kier alpha value is -5.16. The quantitative estimate of drug-likeness (QED) is 0.155. The minimum absolute atomic E-state index is 0.157. The van der Waals surface area contributed by atoms with Gasteiger partial charge in [-0.25, -0.2) is 9.67 Å². The fourth-order valence-electron chi connectivity index (χ4n) is 7.02. The molecule has 3 aromatic heterocycles. The summed E-state index contributed by atoms with van der Waals surface area (Å²) in [6, 6.07) is 36.4. The summed E-state index contributed by atoms with van der Waals surface area (Å²) in [6.07, 6.45) is 4.13. The van der Waals surface area contributed by atoms with Gasteiger partial charge in [-0.3, -0.25) is 4.57 Å². The van der Waals surface area contributed by atoms with Crippen LogP contribution in [0.5, 0.6) is 11.5 Å².